The number of nitrogens with zero attached hydrogens (tertiary/aromatic N) is 2. The van der Waals surface area contributed by atoms with Crippen molar-refractivity contribution in [3.8, 4) is 0 Å². The zero-order valence-electron chi connectivity index (χ0n) is 13.3. The fraction of sp³-hybridized carbons (Fsp3) is 0.158. The van der Waals surface area contributed by atoms with Crippen molar-refractivity contribution >= 4 is 22.8 Å². The Morgan fingerprint density at radius 3 is 2.61 bits per heavy atom. The summed E-state index contributed by atoms with van der Waals surface area (Å²) >= 11 is 0. The first-order chi connectivity index (χ1) is 11.2. The van der Waals surface area contributed by atoms with Crippen LogP contribution in [0.2, 0.25) is 0 Å². The Morgan fingerprint density at radius 1 is 1.13 bits per heavy atom. The number of nitrogens with one attached hydrogen (secondary N) is 1. The molecule has 3 aromatic rings. The maximum atomic E-state index is 12.1. The molecular formula is C19H19N3O. The molecule has 2 aromatic carbocycles. The van der Waals surface area contributed by atoms with Gasteiger partial charge in [-0.05, 0) is 43.5 Å². The molecule has 1 N–H and O–H groups in total. The molecule has 0 amide bonds. The highest BCUT2D eigenvalue weighted by Gasteiger charge is 2.03. The lowest BCUT2D eigenvalue weighted by Gasteiger charge is -2.16. The van der Waals surface area contributed by atoms with Crippen molar-refractivity contribution in [1.82, 2.24) is 4.98 Å². The van der Waals surface area contributed by atoms with Crippen LogP contribution in [0, 0.1) is 6.92 Å². The predicted octanol–water partition coefficient (Wildman–Crippen LogP) is 3.70. The highest BCUT2D eigenvalue weighted by Crippen LogP contribution is 2.15. The zero-order valence-corrected chi connectivity index (χ0v) is 13.3. The maximum Gasteiger partial charge on any atom is 0.257 e. The van der Waals surface area contributed by atoms with E-state index >= 15 is 0 Å². The van der Waals surface area contributed by atoms with Crippen molar-refractivity contribution in [3.63, 3.8) is 0 Å². The van der Waals surface area contributed by atoms with Gasteiger partial charge in [0, 0.05) is 12.1 Å². The van der Waals surface area contributed by atoms with Gasteiger partial charge in [-0.25, -0.2) is 0 Å². The summed E-state index contributed by atoms with van der Waals surface area (Å²) in [6, 6.07) is 17.7. The fourth-order valence-corrected chi connectivity index (χ4v) is 2.44. The maximum absolute atomic E-state index is 12.1. The summed E-state index contributed by atoms with van der Waals surface area (Å²) in [7, 11) is 0. The van der Waals surface area contributed by atoms with Gasteiger partial charge in [-0.3, -0.25) is 9.80 Å². The molecule has 116 valence electrons. The summed E-state index contributed by atoms with van der Waals surface area (Å²) in [4.78, 5) is 15.0. The summed E-state index contributed by atoms with van der Waals surface area (Å²) in [5.74, 6) is 0. The van der Waals surface area contributed by atoms with Crippen molar-refractivity contribution < 1.29 is 0 Å². The number of rotatable bonds is 4. The predicted molar refractivity (Wildman–Crippen MR) is 96.4 cm³/mol. The van der Waals surface area contributed by atoms with E-state index in [1.165, 1.54) is 5.56 Å². The Labute approximate surface area is 135 Å². The summed E-state index contributed by atoms with van der Waals surface area (Å²) in [5, 5.41) is 7.33. The van der Waals surface area contributed by atoms with Crippen LogP contribution in [0.4, 0.5) is 5.69 Å². The molecule has 0 bridgehead atoms. The van der Waals surface area contributed by atoms with Gasteiger partial charge >= 0.3 is 0 Å². The standard InChI is InChI=1S/C19H19N3O/c1-3-22(17-10-8-14(2)9-11-17)20-13-16-12-15-6-4-5-7-18(15)21-19(16)23/h4-13H,3H2,1-2H3,(H,21,23)/b20-13+. The molecule has 0 spiro atoms. The minimum Gasteiger partial charge on any atom is -0.321 e. The summed E-state index contributed by atoms with van der Waals surface area (Å²) < 4.78 is 0. The van der Waals surface area contributed by atoms with Crippen molar-refractivity contribution in [2.45, 2.75) is 13.8 Å². The number of H-pyrrole nitrogens is 1. The average molecular weight is 305 g/mol. The number of hydrogen-bond donors (Lipinski definition) is 1. The summed E-state index contributed by atoms with van der Waals surface area (Å²) in [5.41, 5.74) is 3.47. The van der Waals surface area contributed by atoms with Crippen molar-refractivity contribution in [3.05, 3.63) is 76.1 Å². The SMILES string of the molecule is CCN(/N=C/c1cc2ccccc2[nH]c1=O)c1ccc(C)cc1. The highest BCUT2D eigenvalue weighted by molar-refractivity contribution is 5.87. The van der Waals surface area contributed by atoms with Crippen LogP contribution < -0.4 is 10.6 Å². The van der Waals surface area contributed by atoms with Gasteiger partial charge in [-0.2, -0.15) is 5.10 Å². The van der Waals surface area contributed by atoms with E-state index in [0.29, 0.717) is 5.56 Å². The molecule has 4 heteroatoms. The normalized spacial score (nSPS) is 11.2. The first-order valence-corrected chi connectivity index (χ1v) is 7.67. The van der Waals surface area contributed by atoms with Crippen LogP contribution in [0.3, 0.4) is 0 Å². The van der Waals surface area contributed by atoms with Gasteiger partial charge in [0.05, 0.1) is 17.5 Å². The molecular weight excluding hydrogens is 286 g/mol. The largest absolute Gasteiger partial charge is 0.321 e. The number of pyridine rings is 1. The van der Waals surface area contributed by atoms with Gasteiger partial charge in [0.2, 0.25) is 0 Å². The van der Waals surface area contributed by atoms with E-state index in [9.17, 15) is 4.79 Å². The zero-order chi connectivity index (χ0) is 16.2. The Hall–Kier alpha value is -2.88. The van der Waals surface area contributed by atoms with Crippen LogP contribution in [0.25, 0.3) is 10.9 Å². The van der Waals surface area contributed by atoms with Gasteiger partial charge in [-0.1, -0.05) is 35.9 Å². The molecule has 3 rings (SSSR count). The summed E-state index contributed by atoms with van der Waals surface area (Å²) in [6.45, 7) is 4.81. The smallest absolute Gasteiger partial charge is 0.257 e. The van der Waals surface area contributed by atoms with E-state index in [2.05, 4.69) is 29.1 Å². The van der Waals surface area contributed by atoms with Crippen LogP contribution in [0.5, 0.6) is 0 Å². The van der Waals surface area contributed by atoms with Crippen LogP contribution >= 0.6 is 0 Å². The van der Waals surface area contributed by atoms with Crippen LogP contribution in [-0.4, -0.2) is 17.7 Å². The number of aromatic amines is 1. The molecule has 1 aromatic heterocycles. The first kappa shape index (κ1) is 15.0. The molecule has 0 saturated carbocycles. The lowest BCUT2D eigenvalue weighted by atomic mass is 10.2. The van der Waals surface area contributed by atoms with Gasteiger partial charge in [0.25, 0.3) is 5.56 Å². The summed E-state index contributed by atoms with van der Waals surface area (Å²) in [6.07, 6.45) is 1.62. The van der Waals surface area contributed by atoms with Crippen molar-refractivity contribution in [2.75, 3.05) is 11.6 Å². The molecule has 1 heterocycles. The number of hydrogen-bond acceptors (Lipinski definition) is 3. The van der Waals surface area contributed by atoms with E-state index in [1.807, 2.05) is 54.4 Å². The van der Waals surface area contributed by atoms with E-state index in [1.54, 1.807) is 6.21 Å². The Bertz CT molecular complexity index is 894. The monoisotopic (exact) mass is 305 g/mol. The second-order valence-corrected chi connectivity index (χ2v) is 5.44. The van der Waals surface area contributed by atoms with E-state index in [4.69, 9.17) is 0 Å². The Morgan fingerprint density at radius 2 is 1.87 bits per heavy atom. The molecule has 23 heavy (non-hydrogen) atoms. The molecule has 0 aliphatic rings. The second-order valence-electron chi connectivity index (χ2n) is 5.44. The third-order valence-corrected chi connectivity index (χ3v) is 3.75. The molecule has 0 fully saturated rings. The number of aryl methyl sites for hydroxylation is 1. The minimum absolute atomic E-state index is 0.132. The number of aromatic nitrogens is 1. The molecule has 0 unspecified atom stereocenters. The number of anilines is 1. The molecule has 0 aliphatic heterocycles. The van der Waals surface area contributed by atoms with Crippen molar-refractivity contribution in [1.29, 1.82) is 0 Å². The molecule has 0 radical (unpaired) electrons. The second kappa shape index (κ2) is 6.48. The highest BCUT2D eigenvalue weighted by atomic mass is 16.1. The topological polar surface area (TPSA) is 48.5 Å². The lowest BCUT2D eigenvalue weighted by molar-refractivity contribution is 0.897. The van der Waals surface area contributed by atoms with Crippen LogP contribution in [-0.2, 0) is 0 Å². The van der Waals surface area contributed by atoms with Gasteiger partial charge < -0.3 is 4.98 Å². The van der Waals surface area contributed by atoms with Gasteiger partial charge in [0.1, 0.15) is 0 Å². The van der Waals surface area contributed by atoms with E-state index in [0.717, 1.165) is 23.1 Å². The van der Waals surface area contributed by atoms with E-state index in [-0.39, 0.29) is 5.56 Å². The third kappa shape index (κ3) is 3.31. The minimum atomic E-state index is -0.132. The van der Waals surface area contributed by atoms with Gasteiger partial charge in [-0.15, -0.1) is 0 Å². The Balaban J connectivity index is 1.93. The van der Waals surface area contributed by atoms with Crippen molar-refractivity contribution in [2.24, 2.45) is 5.10 Å². The molecule has 0 aliphatic carbocycles. The molecule has 4 nitrogen and oxygen atoms in total. The third-order valence-electron chi connectivity index (χ3n) is 3.75. The molecule has 0 saturated heterocycles. The van der Waals surface area contributed by atoms with Crippen LogP contribution in [0.1, 0.15) is 18.1 Å². The van der Waals surface area contributed by atoms with Crippen LogP contribution in [0.15, 0.2) is 64.5 Å². The van der Waals surface area contributed by atoms with E-state index < -0.39 is 0 Å². The quantitative estimate of drug-likeness (QED) is 0.590. The fourth-order valence-electron chi connectivity index (χ4n) is 2.44. The number of para-hydroxylation sites is 1. The lowest BCUT2D eigenvalue weighted by Crippen LogP contribution is -2.18. The Kier molecular flexibility index (Phi) is 4.24. The number of benzene rings is 2. The molecule has 0 atom stereocenters. The van der Waals surface area contributed by atoms with Gasteiger partial charge in [0.15, 0.2) is 0 Å². The number of fused-ring (bicyclic) bond motifs is 1. The number of hydrazone groups is 1. The average Bonchev–Trinajstić information content (AvgIpc) is 2.57. The first-order valence-electron chi connectivity index (χ1n) is 7.67.